The summed E-state index contributed by atoms with van der Waals surface area (Å²) in [5.41, 5.74) is 1.22. The van der Waals surface area contributed by atoms with Crippen LogP contribution in [-0.2, 0) is 0 Å². The van der Waals surface area contributed by atoms with Crippen molar-refractivity contribution in [2.24, 2.45) is 5.92 Å². The van der Waals surface area contributed by atoms with Crippen molar-refractivity contribution in [3.63, 3.8) is 0 Å². The zero-order chi connectivity index (χ0) is 15.2. The maximum atomic E-state index is 13.5. The molecule has 1 aliphatic heterocycles. The molecule has 0 radical (unpaired) electrons. The molecule has 0 unspecified atom stereocenters. The highest BCUT2D eigenvalue weighted by Crippen LogP contribution is 2.29. The van der Waals surface area contributed by atoms with Gasteiger partial charge in [-0.3, -0.25) is 4.90 Å². The SMILES string of the molecule is CC(C)CC[C@H](c1ccc(F)c(C#N)c1)N1CCNCC1.Cl.Cl. The van der Waals surface area contributed by atoms with Crippen LogP contribution in [0.1, 0.15) is 43.9 Å². The van der Waals surface area contributed by atoms with E-state index in [9.17, 15) is 4.39 Å². The molecular weight excluding hydrogens is 336 g/mol. The van der Waals surface area contributed by atoms with Crippen LogP contribution >= 0.6 is 24.8 Å². The van der Waals surface area contributed by atoms with Crippen LogP contribution in [-0.4, -0.2) is 31.1 Å². The Kier molecular flexibility index (Phi) is 10.4. The van der Waals surface area contributed by atoms with Crippen LogP contribution in [0.4, 0.5) is 4.39 Å². The minimum Gasteiger partial charge on any atom is -0.314 e. The second-order valence-corrected chi connectivity index (χ2v) is 6.12. The topological polar surface area (TPSA) is 39.1 Å². The number of nitrogens with zero attached hydrogens (tertiary/aromatic N) is 2. The fourth-order valence-corrected chi connectivity index (χ4v) is 2.88. The van der Waals surface area contributed by atoms with Gasteiger partial charge in [0.15, 0.2) is 0 Å². The van der Waals surface area contributed by atoms with Gasteiger partial charge < -0.3 is 5.32 Å². The molecule has 1 fully saturated rings. The molecule has 1 aliphatic rings. The van der Waals surface area contributed by atoms with E-state index in [-0.39, 0.29) is 36.4 Å². The summed E-state index contributed by atoms with van der Waals surface area (Å²) < 4.78 is 13.5. The zero-order valence-electron chi connectivity index (χ0n) is 13.7. The molecule has 1 heterocycles. The number of hydrogen-bond donors (Lipinski definition) is 1. The van der Waals surface area contributed by atoms with E-state index in [0.29, 0.717) is 5.92 Å². The first-order valence-corrected chi connectivity index (χ1v) is 7.76. The van der Waals surface area contributed by atoms with Gasteiger partial charge >= 0.3 is 0 Å². The number of rotatable bonds is 5. The molecule has 0 amide bonds. The first-order valence-electron chi connectivity index (χ1n) is 7.76. The maximum absolute atomic E-state index is 13.5. The van der Waals surface area contributed by atoms with Crippen molar-refractivity contribution in [3.05, 3.63) is 35.1 Å². The molecule has 0 bridgehead atoms. The Morgan fingerprint density at radius 1 is 1.22 bits per heavy atom. The first kappa shape index (κ1) is 22.1. The van der Waals surface area contributed by atoms with Gasteiger partial charge in [0, 0.05) is 32.2 Å². The largest absolute Gasteiger partial charge is 0.314 e. The van der Waals surface area contributed by atoms with Gasteiger partial charge in [-0.2, -0.15) is 5.26 Å². The van der Waals surface area contributed by atoms with E-state index in [2.05, 4.69) is 24.1 Å². The van der Waals surface area contributed by atoms with E-state index in [0.717, 1.165) is 44.6 Å². The molecule has 0 aliphatic carbocycles. The Morgan fingerprint density at radius 2 is 1.87 bits per heavy atom. The second-order valence-electron chi connectivity index (χ2n) is 6.12. The van der Waals surface area contributed by atoms with Gasteiger partial charge in [0.1, 0.15) is 11.9 Å². The van der Waals surface area contributed by atoms with Crippen molar-refractivity contribution in [1.82, 2.24) is 10.2 Å². The Balaban J connectivity index is 0.00000242. The Bertz CT molecular complexity index is 511. The van der Waals surface area contributed by atoms with E-state index in [4.69, 9.17) is 5.26 Å². The van der Waals surface area contributed by atoms with Crippen LogP contribution in [0.3, 0.4) is 0 Å². The fourth-order valence-electron chi connectivity index (χ4n) is 2.88. The van der Waals surface area contributed by atoms with Crippen LogP contribution in [0, 0.1) is 23.1 Å². The molecule has 0 aromatic heterocycles. The summed E-state index contributed by atoms with van der Waals surface area (Å²) in [7, 11) is 0. The molecule has 1 aromatic rings. The van der Waals surface area contributed by atoms with Gasteiger partial charge in [0.2, 0.25) is 0 Å². The summed E-state index contributed by atoms with van der Waals surface area (Å²) in [5.74, 6) is 0.218. The summed E-state index contributed by atoms with van der Waals surface area (Å²) in [6.45, 7) is 8.43. The Hall–Kier alpha value is -0.860. The normalized spacial score (nSPS) is 16.1. The minimum absolute atomic E-state index is 0. The molecule has 130 valence electrons. The summed E-state index contributed by atoms with van der Waals surface area (Å²) in [6, 6.07) is 7.22. The van der Waals surface area contributed by atoms with Crippen molar-refractivity contribution in [3.8, 4) is 6.07 Å². The highest BCUT2D eigenvalue weighted by Gasteiger charge is 2.23. The van der Waals surface area contributed by atoms with Gasteiger partial charge in [-0.25, -0.2) is 4.39 Å². The lowest BCUT2D eigenvalue weighted by Gasteiger charge is -2.35. The second kappa shape index (κ2) is 10.8. The quantitative estimate of drug-likeness (QED) is 0.863. The van der Waals surface area contributed by atoms with E-state index in [1.807, 2.05) is 12.1 Å². The first-order chi connectivity index (χ1) is 10.1. The molecule has 1 N–H and O–H groups in total. The van der Waals surface area contributed by atoms with E-state index in [1.54, 1.807) is 6.07 Å². The van der Waals surface area contributed by atoms with Crippen LogP contribution in [0.15, 0.2) is 18.2 Å². The molecular formula is C17H26Cl2FN3. The summed E-state index contributed by atoms with van der Waals surface area (Å²) in [5, 5.41) is 12.4. The standard InChI is InChI=1S/C17H24FN3.2ClH/c1-13(2)3-6-17(21-9-7-20-8-10-21)14-4-5-16(18)15(11-14)12-19;;/h4-5,11,13,17,20H,3,6-10H2,1-2H3;2*1H/t17-;;/m1../s1. The highest BCUT2D eigenvalue weighted by atomic mass is 35.5. The van der Waals surface area contributed by atoms with Gasteiger partial charge in [0.25, 0.3) is 0 Å². The minimum atomic E-state index is -0.427. The molecule has 3 nitrogen and oxygen atoms in total. The third-order valence-corrected chi connectivity index (χ3v) is 4.11. The zero-order valence-corrected chi connectivity index (χ0v) is 15.4. The van der Waals surface area contributed by atoms with Crippen molar-refractivity contribution >= 4 is 24.8 Å². The maximum Gasteiger partial charge on any atom is 0.140 e. The molecule has 0 saturated carbocycles. The van der Waals surface area contributed by atoms with E-state index >= 15 is 0 Å². The van der Waals surface area contributed by atoms with Gasteiger partial charge in [-0.15, -0.1) is 24.8 Å². The van der Waals surface area contributed by atoms with Crippen LogP contribution in [0.25, 0.3) is 0 Å². The van der Waals surface area contributed by atoms with Crippen molar-refractivity contribution in [2.75, 3.05) is 26.2 Å². The molecule has 23 heavy (non-hydrogen) atoms. The van der Waals surface area contributed by atoms with Crippen LogP contribution in [0.5, 0.6) is 0 Å². The number of hydrogen-bond acceptors (Lipinski definition) is 3. The van der Waals surface area contributed by atoms with Crippen molar-refractivity contribution in [2.45, 2.75) is 32.7 Å². The van der Waals surface area contributed by atoms with Gasteiger partial charge in [0.05, 0.1) is 5.56 Å². The van der Waals surface area contributed by atoms with Crippen molar-refractivity contribution < 1.29 is 4.39 Å². The summed E-state index contributed by atoms with van der Waals surface area (Å²) >= 11 is 0. The molecule has 1 atom stereocenters. The van der Waals surface area contributed by atoms with Gasteiger partial charge in [-0.05, 0) is 36.5 Å². The average Bonchev–Trinajstić information content (AvgIpc) is 2.49. The van der Waals surface area contributed by atoms with Crippen LogP contribution < -0.4 is 5.32 Å². The van der Waals surface area contributed by atoms with Crippen LogP contribution in [0.2, 0.25) is 0 Å². The number of benzene rings is 1. The third-order valence-electron chi connectivity index (χ3n) is 4.11. The number of nitriles is 1. The third kappa shape index (κ3) is 6.27. The highest BCUT2D eigenvalue weighted by molar-refractivity contribution is 5.85. The average molecular weight is 362 g/mol. The lowest BCUT2D eigenvalue weighted by molar-refractivity contribution is 0.159. The van der Waals surface area contributed by atoms with Gasteiger partial charge in [-0.1, -0.05) is 19.9 Å². The molecule has 0 spiro atoms. The fraction of sp³-hybridized carbons (Fsp3) is 0.588. The van der Waals surface area contributed by atoms with E-state index < -0.39 is 5.82 Å². The molecule has 1 saturated heterocycles. The lowest BCUT2D eigenvalue weighted by atomic mass is 9.94. The summed E-state index contributed by atoms with van der Waals surface area (Å²) in [4.78, 5) is 2.45. The smallest absolute Gasteiger partial charge is 0.140 e. The lowest BCUT2D eigenvalue weighted by Crippen LogP contribution is -2.45. The molecule has 1 aromatic carbocycles. The predicted molar refractivity (Wildman–Crippen MR) is 96.9 cm³/mol. The van der Waals surface area contributed by atoms with Crippen molar-refractivity contribution in [1.29, 1.82) is 5.26 Å². The Labute approximate surface area is 151 Å². The molecule has 2 rings (SSSR count). The molecule has 6 heteroatoms. The number of nitrogens with one attached hydrogen (secondary N) is 1. The summed E-state index contributed by atoms with van der Waals surface area (Å²) in [6.07, 6.45) is 2.18. The number of piperazine rings is 1. The Morgan fingerprint density at radius 3 is 2.43 bits per heavy atom. The number of halogens is 3. The predicted octanol–water partition coefficient (Wildman–Crippen LogP) is 3.92. The van der Waals surface area contributed by atoms with E-state index in [1.165, 1.54) is 6.07 Å². The monoisotopic (exact) mass is 361 g/mol.